The van der Waals surface area contributed by atoms with Crippen molar-refractivity contribution in [2.24, 2.45) is 0 Å². The Balaban J connectivity index is 1.73. The van der Waals surface area contributed by atoms with E-state index in [9.17, 15) is 0 Å². The van der Waals surface area contributed by atoms with Crippen molar-refractivity contribution in [1.82, 2.24) is 10.2 Å². The zero-order valence-corrected chi connectivity index (χ0v) is 12.6. The summed E-state index contributed by atoms with van der Waals surface area (Å²) < 4.78 is 0. The zero-order valence-electron chi connectivity index (χ0n) is 11.0. The lowest BCUT2D eigenvalue weighted by Crippen LogP contribution is -2.59. The lowest BCUT2D eigenvalue weighted by atomic mass is 10.0. The second kappa shape index (κ2) is 6.01. The minimum Gasteiger partial charge on any atom is -0.314 e. The molecule has 0 amide bonds. The topological polar surface area (TPSA) is 15.3 Å². The van der Waals surface area contributed by atoms with Crippen LogP contribution in [0.15, 0.2) is 18.2 Å². The molecule has 19 heavy (non-hydrogen) atoms. The Kier molecular flexibility index (Phi) is 4.33. The fourth-order valence-electron chi connectivity index (χ4n) is 3.15. The second-order valence-corrected chi connectivity index (χ2v) is 6.49. The highest BCUT2D eigenvalue weighted by Gasteiger charge is 2.31. The van der Waals surface area contributed by atoms with Gasteiger partial charge < -0.3 is 5.32 Å². The van der Waals surface area contributed by atoms with Crippen molar-refractivity contribution < 1.29 is 0 Å². The van der Waals surface area contributed by atoms with Crippen LogP contribution in [0.4, 0.5) is 0 Å². The molecule has 1 saturated heterocycles. The van der Waals surface area contributed by atoms with Gasteiger partial charge in [0.2, 0.25) is 0 Å². The highest BCUT2D eigenvalue weighted by atomic mass is 35.5. The number of hydrogen-bond acceptors (Lipinski definition) is 2. The Morgan fingerprint density at radius 2 is 1.79 bits per heavy atom. The molecule has 2 nitrogen and oxygen atoms in total. The Morgan fingerprint density at radius 3 is 2.37 bits per heavy atom. The summed E-state index contributed by atoms with van der Waals surface area (Å²) in [5.41, 5.74) is 1.27. The van der Waals surface area contributed by atoms with Crippen molar-refractivity contribution in [1.29, 1.82) is 0 Å². The maximum atomic E-state index is 6.12. The molecule has 1 aliphatic carbocycles. The standard InChI is InChI=1S/C15H20Cl2N2/c16-14-6-5-11(7-15(14)17)10-19(13-8-18-9-13)12-3-1-2-4-12/h5-7,12-13,18H,1-4,8-10H2. The predicted octanol–water partition coefficient (Wildman–Crippen LogP) is 3.71. The molecule has 1 aliphatic heterocycles. The normalized spacial score (nSPS) is 21.0. The highest BCUT2D eigenvalue weighted by Crippen LogP contribution is 2.29. The van der Waals surface area contributed by atoms with E-state index < -0.39 is 0 Å². The third-order valence-electron chi connectivity index (χ3n) is 4.37. The molecular weight excluding hydrogens is 279 g/mol. The van der Waals surface area contributed by atoms with E-state index in [-0.39, 0.29) is 0 Å². The molecule has 0 unspecified atom stereocenters. The van der Waals surface area contributed by atoms with E-state index in [1.807, 2.05) is 12.1 Å². The monoisotopic (exact) mass is 298 g/mol. The lowest BCUT2D eigenvalue weighted by molar-refractivity contribution is 0.0887. The molecule has 4 heteroatoms. The number of hydrogen-bond donors (Lipinski definition) is 1. The van der Waals surface area contributed by atoms with Gasteiger partial charge in [0.05, 0.1) is 10.0 Å². The molecule has 1 N–H and O–H groups in total. The summed E-state index contributed by atoms with van der Waals surface area (Å²) in [4.78, 5) is 2.67. The van der Waals surface area contributed by atoms with E-state index in [2.05, 4.69) is 16.3 Å². The zero-order chi connectivity index (χ0) is 13.2. The van der Waals surface area contributed by atoms with Crippen LogP contribution in [0.2, 0.25) is 10.0 Å². The highest BCUT2D eigenvalue weighted by molar-refractivity contribution is 6.42. The molecule has 0 spiro atoms. The maximum Gasteiger partial charge on any atom is 0.0595 e. The molecule has 0 bridgehead atoms. The third-order valence-corrected chi connectivity index (χ3v) is 5.11. The van der Waals surface area contributed by atoms with E-state index in [0.29, 0.717) is 16.1 Å². The minimum atomic E-state index is 0.642. The molecular formula is C15H20Cl2N2. The van der Waals surface area contributed by atoms with Gasteiger partial charge in [-0.25, -0.2) is 0 Å². The van der Waals surface area contributed by atoms with E-state index in [4.69, 9.17) is 23.2 Å². The van der Waals surface area contributed by atoms with E-state index in [1.165, 1.54) is 31.2 Å². The molecule has 1 heterocycles. The molecule has 0 atom stereocenters. The van der Waals surface area contributed by atoms with Crippen LogP contribution in [0.25, 0.3) is 0 Å². The van der Waals surface area contributed by atoms with Crippen LogP contribution >= 0.6 is 23.2 Å². The van der Waals surface area contributed by atoms with E-state index >= 15 is 0 Å². The summed E-state index contributed by atoms with van der Waals surface area (Å²) in [7, 11) is 0. The Labute approximate surface area is 125 Å². The van der Waals surface area contributed by atoms with Crippen molar-refractivity contribution in [3.8, 4) is 0 Å². The van der Waals surface area contributed by atoms with Crippen molar-refractivity contribution in [3.63, 3.8) is 0 Å². The van der Waals surface area contributed by atoms with Crippen molar-refractivity contribution in [2.75, 3.05) is 13.1 Å². The smallest absolute Gasteiger partial charge is 0.0595 e. The van der Waals surface area contributed by atoms with Gasteiger partial charge in [-0.2, -0.15) is 0 Å². The van der Waals surface area contributed by atoms with Gasteiger partial charge in [-0.3, -0.25) is 4.90 Å². The first kappa shape index (κ1) is 13.7. The van der Waals surface area contributed by atoms with E-state index in [1.54, 1.807) is 0 Å². The average Bonchev–Trinajstić information content (AvgIpc) is 2.84. The molecule has 2 fully saturated rings. The summed E-state index contributed by atoms with van der Waals surface area (Å²) in [6.45, 7) is 3.24. The SMILES string of the molecule is Clc1ccc(CN(C2CCCC2)C2CNC2)cc1Cl. The first-order chi connectivity index (χ1) is 9.24. The second-order valence-electron chi connectivity index (χ2n) is 5.67. The van der Waals surface area contributed by atoms with Crippen molar-refractivity contribution in [3.05, 3.63) is 33.8 Å². The van der Waals surface area contributed by atoms with Gasteiger partial charge in [0.1, 0.15) is 0 Å². The van der Waals surface area contributed by atoms with Gasteiger partial charge in [0, 0.05) is 31.7 Å². The number of nitrogens with zero attached hydrogens (tertiary/aromatic N) is 1. The number of nitrogens with one attached hydrogen (secondary N) is 1. The van der Waals surface area contributed by atoms with Gasteiger partial charge >= 0.3 is 0 Å². The molecule has 2 aliphatic rings. The average molecular weight is 299 g/mol. The van der Waals surface area contributed by atoms with Crippen LogP contribution in [0.3, 0.4) is 0 Å². The molecule has 104 valence electrons. The minimum absolute atomic E-state index is 0.642. The van der Waals surface area contributed by atoms with Gasteiger partial charge in [0.15, 0.2) is 0 Å². The van der Waals surface area contributed by atoms with E-state index in [0.717, 1.165) is 25.7 Å². The van der Waals surface area contributed by atoms with Gasteiger partial charge in [-0.15, -0.1) is 0 Å². The fraction of sp³-hybridized carbons (Fsp3) is 0.600. The van der Waals surface area contributed by atoms with Crippen LogP contribution in [0.1, 0.15) is 31.2 Å². The molecule has 0 aromatic heterocycles. The lowest BCUT2D eigenvalue weighted by Gasteiger charge is -2.42. The summed E-state index contributed by atoms with van der Waals surface area (Å²) >= 11 is 12.1. The Hall–Kier alpha value is -0.280. The maximum absolute atomic E-state index is 6.12. The first-order valence-electron chi connectivity index (χ1n) is 7.14. The molecule has 0 radical (unpaired) electrons. The van der Waals surface area contributed by atoms with Crippen LogP contribution in [-0.4, -0.2) is 30.1 Å². The molecule has 3 rings (SSSR count). The Morgan fingerprint density at radius 1 is 1.05 bits per heavy atom. The van der Waals surface area contributed by atoms with Crippen LogP contribution in [0.5, 0.6) is 0 Å². The molecule has 1 aromatic rings. The van der Waals surface area contributed by atoms with Gasteiger partial charge in [-0.1, -0.05) is 42.1 Å². The number of rotatable bonds is 4. The fourth-order valence-corrected chi connectivity index (χ4v) is 3.47. The van der Waals surface area contributed by atoms with Crippen LogP contribution in [-0.2, 0) is 6.54 Å². The first-order valence-corrected chi connectivity index (χ1v) is 7.90. The predicted molar refractivity (Wildman–Crippen MR) is 80.9 cm³/mol. The van der Waals surface area contributed by atoms with Gasteiger partial charge in [-0.05, 0) is 30.5 Å². The van der Waals surface area contributed by atoms with Gasteiger partial charge in [0.25, 0.3) is 0 Å². The molecule has 1 aromatic carbocycles. The quantitative estimate of drug-likeness (QED) is 0.911. The summed E-state index contributed by atoms with van der Waals surface area (Å²) in [6, 6.07) is 7.46. The summed E-state index contributed by atoms with van der Waals surface area (Å²) in [6.07, 6.45) is 5.45. The molecule has 1 saturated carbocycles. The third kappa shape index (κ3) is 3.08. The number of benzene rings is 1. The van der Waals surface area contributed by atoms with Crippen molar-refractivity contribution in [2.45, 2.75) is 44.3 Å². The Bertz CT molecular complexity index is 440. The summed E-state index contributed by atoms with van der Waals surface area (Å²) in [5.74, 6) is 0. The summed E-state index contributed by atoms with van der Waals surface area (Å²) in [5, 5.41) is 4.69. The number of halogens is 2. The van der Waals surface area contributed by atoms with Crippen LogP contribution in [0, 0.1) is 0 Å². The largest absolute Gasteiger partial charge is 0.314 e. The van der Waals surface area contributed by atoms with Crippen molar-refractivity contribution >= 4 is 23.2 Å². The van der Waals surface area contributed by atoms with Crippen LogP contribution < -0.4 is 5.32 Å².